The monoisotopic (exact) mass is 137 g/mol. The maximum Gasteiger partial charge on any atom is 0.212 e. The van der Waals surface area contributed by atoms with E-state index in [-0.39, 0.29) is 0 Å². The summed E-state index contributed by atoms with van der Waals surface area (Å²) >= 11 is 0. The molecule has 0 N–H and O–H groups in total. The summed E-state index contributed by atoms with van der Waals surface area (Å²) in [6, 6.07) is 3.03. The molecular formula is C8H8FN. The first-order valence-corrected chi connectivity index (χ1v) is 3.07. The van der Waals surface area contributed by atoms with Crippen LogP contribution in [0.1, 0.15) is 12.5 Å². The quantitative estimate of drug-likeness (QED) is 0.541. The van der Waals surface area contributed by atoms with Gasteiger partial charge in [-0.15, -0.1) is 0 Å². The molecule has 0 radical (unpaired) electrons. The minimum Gasteiger partial charge on any atom is -0.228 e. The molecule has 1 heterocycles. The highest BCUT2D eigenvalue weighted by Crippen LogP contribution is 2.00. The number of aromatic nitrogens is 1. The van der Waals surface area contributed by atoms with Crippen LogP contribution in [0.4, 0.5) is 4.39 Å². The summed E-state index contributed by atoms with van der Waals surface area (Å²) in [4.78, 5) is 3.48. The summed E-state index contributed by atoms with van der Waals surface area (Å²) in [7, 11) is 0. The standard InChI is InChI=1S/C8H8FN/c1-2-3-7-4-5-8(9)10-6-7/h2-6H,1H3/b3-2+. The van der Waals surface area contributed by atoms with Gasteiger partial charge in [-0.3, -0.25) is 0 Å². The second-order valence-corrected chi connectivity index (χ2v) is 1.91. The fourth-order valence-corrected chi connectivity index (χ4v) is 0.678. The van der Waals surface area contributed by atoms with E-state index in [0.717, 1.165) is 5.56 Å². The first-order valence-electron chi connectivity index (χ1n) is 3.07. The van der Waals surface area contributed by atoms with E-state index < -0.39 is 5.95 Å². The molecule has 0 bridgehead atoms. The van der Waals surface area contributed by atoms with Gasteiger partial charge < -0.3 is 0 Å². The van der Waals surface area contributed by atoms with Gasteiger partial charge in [0.25, 0.3) is 0 Å². The van der Waals surface area contributed by atoms with Crippen LogP contribution >= 0.6 is 0 Å². The molecule has 1 aromatic rings. The second kappa shape index (κ2) is 3.11. The molecular weight excluding hydrogens is 129 g/mol. The third-order valence-corrected chi connectivity index (χ3v) is 1.11. The molecule has 0 amide bonds. The van der Waals surface area contributed by atoms with Gasteiger partial charge >= 0.3 is 0 Å². The summed E-state index contributed by atoms with van der Waals surface area (Å²) in [5, 5.41) is 0. The fourth-order valence-electron chi connectivity index (χ4n) is 0.678. The van der Waals surface area contributed by atoms with Gasteiger partial charge in [0.05, 0.1) is 0 Å². The normalized spacial score (nSPS) is 10.6. The van der Waals surface area contributed by atoms with Gasteiger partial charge in [0, 0.05) is 6.20 Å². The lowest BCUT2D eigenvalue weighted by atomic mass is 10.3. The van der Waals surface area contributed by atoms with Crippen molar-refractivity contribution in [2.75, 3.05) is 0 Å². The van der Waals surface area contributed by atoms with Gasteiger partial charge in [0.2, 0.25) is 5.95 Å². The highest BCUT2D eigenvalue weighted by atomic mass is 19.1. The van der Waals surface area contributed by atoms with Gasteiger partial charge in [0.1, 0.15) is 0 Å². The van der Waals surface area contributed by atoms with Crippen molar-refractivity contribution in [3.8, 4) is 0 Å². The zero-order valence-electron chi connectivity index (χ0n) is 5.71. The molecule has 0 fully saturated rings. The maximum absolute atomic E-state index is 12.2. The van der Waals surface area contributed by atoms with Crippen LogP contribution < -0.4 is 0 Å². The Balaban J connectivity index is 2.89. The van der Waals surface area contributed by atoms with Crippen molar-refractivity contribution in [3.05, 3.63) is 35.9 Å². The van der Waals surface area contributed by atoms with Crippen molar-refractivity contribution >= 4 is 6.08 Å². The molecule has 10 heavy (non-hydrogen) atoms. The molecule has 52 valence electrons. The van der Waals surface area contributed by atoms with Crippen molar-refractivity contribution in [2.45, 2.75) is 6.92 Å². The van der Waals surface area contributed by atoms with Crippen LogP contribution in [0.5, 0.6) is 0 Å². The Morgan fingerprint density at radius 2 is 2.30 bits per heavy atom. The SMILES string of the molecule is C/C=C/c1ccc(F)nc1. The van der Waals surface area contributed by atoms with Crippen LogP contribution in [-0.2, 0) is 0 Å². The van der Waals surface area contributed by atoms with Gasteiger partial charge in [-0.1, -0.05) is 12.2 Å². The summed E-state index contributed by atoms with van der Waals surface area (Å²) in [5.41, 5.74) is 0.920. The van der Waals surface area contributed by atoms with E-state index in [9.17, 15) is 4.39 Å². The molecule has 0 spiro atoms. The van der Waals surface area contributed by atoms with Crippen molar-refractivity contribution < 1.29 is 4.39 Å². The Labute approximate surface area is 59.2 Å². The van der Waals surface area contributed by atoms with Crippen LogP contribution in [-0.4, -0.2) is 4.98 Å². The summed E-state index contributed by atoms with van der Waals surface area (Å²) < 4.78 is 12.2. The van der Waals surface area contributed by atoms with Gasteiger partial charge in [-0.25, -0.2) is 4.98 Å². The number of hydrogen-bond acceptors (Lipinski definition) is 1. The summed E-state index contributed by atoms with van der Waals surface area (Å²) in [5.74, 6) is -0.437. The number of allylic oxidation sites excluding steroid dienone is 1. The van der Waals surface area contributed by atoms with E-state index in [0.29, 0.717) is 0 Å². The largest absolute Gasteiger partial charge is 0.228 e. The van der Waals surface area contributed by atoms with Crippen molar-refractivity contribution in [1.82, 2.24) is 4.98 Å². The van der Waals surface area contributed by atoms with E-state index in [1.807, 2.05) is 19.1 Å². The van der Waals surface area contributed by atoms with Crippen LogP contribution in [0.3, 0.4) is 0 Å². The van der Waals surface area contributed by atoms with Gasteiger partial charge in [-0.05, 0) is 24.6 Å². The molecule has 0 aromatic carbocycles. The minimum absolute atomic E-state index is 0.437. The Bertz CT molecular complexity index is 226. The average Bonchev–Trinajstić information content (AvgIpc) is 1.95. The van der Waals surface area contributed by atoms with Crippen LogP contribution in [0.25, 0.3) is 6.08 Å². The molecule has 0 saturated heterocycles. The summed E-state index contributed by atoms with van der Waals surface area (Å²) in [6.45, 7) is 1.91. The molecule has 0 saturated carbocycles. The number of hydrogen-bond donors (Lipinski definition) is 0. The molecule has 1 nitrogen and oxygen atoms in total. The second-order valence-electron chi connectivity index (χ2n) is 1.91. The molecule has 0 aliphatic carbocycles. The van der Waals surface area contributed by atoms with Crippen LogP contribution in [0.2, 0.25) is 0 Å². The molecule has 0 atom stereocenters. The smallest absolute Gasteiger partial charge is 0.212 e. The molecule has 0 aliphatic heterocycles. The van der Waals surface area contributed by atoms with Gasteiger partial charge in [0.15, 0.2) is 0 Å². The highest BCUT2D eigenvalue weighted by Gasteiger charge is 1.87. The lowest BCUT2D eigenvalue weighted by Gasteiger charge is -1.89. The first-order chi connectivity index (χ1) is 4.83. The lowest BCUT2D eigenvalue weighted by Crippen LogP contribution is -1.80. The van der Waals surface area contributed by atoms with E-state index in [4.69, 9.17) is 0 Å². The average molecular weight is 137 g/mol. The number of nitrogens with zero attached hydrogens (tertiary/aromatic N) is 1. The third kappa shape index (κ3) is 1.65. The molecule has 2 heteroatoms. The van der Waals surface area contributed by atoms with Crippen LogP contribution in [0.15, 0.2) is 24.4 Å². The van der Waals surface area contributed by atoms with E-state index in [2.05, 4.69) is 4.98 Å². The van der Waals surface area contributed by atoms with E-state index in [1.54, 1.807) is 6.07 Å². The maximum atomic E-state index is 12.2. The van der Waals surface area contributed by atoms with E-state index >= 15 is 0 Å². The van der Waals surface area contributed by atoms with Crippen molar-refractivity contribution in [3.63, 3.8) is 0 Å². The zero-order valence-corrected chi connectivity index (χ0v) is 5.71. The van der Waals surface area contributed by atoms with Crippen LogP contribution in [0, 0.1) is 5.95 Å². The number of pyridine rings is 1. The fraction of sp³-hybridized carbons (Fsp3) is 0.125. The minimum atomic E-state index is -0.437. The Hall–Kier alpha value is -1.18. The molecule has 1 aromatic heterocycles. The van der Waals surface area contributed by atoms with Gasteiger partial charge in [-0.2, -0.15) is 4.39 Å². The number of halogens is 1. The topological polar surface area (TPSA) is 12.9 Å². The highest BCUT2D eigenvalue weighted by molar-refractivity contribution is 5.46. The molecule has 0 aliphatic rings. The molecule has 0 unspecified atom stereocenters. The first kappa shape index (κ1) is 6.93. The summed E-state index contributed by atoms with van der Waals surface area (Å²) in [6.07, 6.45) is 5.25. The Morgan fingerprint density at radius 1 is 1.50 bits per heavy atom. The molecule has 1 rings (SSSR count). The predicted octanol–water partition coefficient (Wildman–Crippen LogP) is 2.25. The van der Waals surface area contributed by atoms with Crippen molar-refractivity contribution in [2.24, 2.45) is 0 Å². The number of rotatable bonds is 1. The van der Waals surface area contributed by atoms with E-state index in [1.165, 1.54) is 12.3 Å². The predicted molar refractivity (Wildman–Crippen MR) is 38.9 cm³/mol. The Morgan fingerprint density at radius 3 is 2.80 bits per heavy atom. The zero-order chi connectivity index (χ0) is 7.40. The Kier molecular flexibility index (Phi) is 2.15. The van der Waals surface area contributed by atoms with Crippen molar-refractivity contribution in [1.29, 1.82) is 0 Å². The lowest BCUT2D eigenvalue weighted by molar-refractivity contribution is 0.583. The third-order valence-electron chi connectivity index (χ3n) is 1.11.